The van der Waals surface area contributed by atoms with Gasteiger partial charge in [0.2, 0.25) is 6.23 Å². The molecule has 0 bridgehead atoms. The molecule has 2 aliphatic rings. The summed E-state index contributed by atoms with van der Waals surface area (Å²) in [5, 5.41) is 9.19. The standard InChI is InChI=1S/C22H20N2O2S/c1-2-25-16-11-9-15(10-12-16)22-24-19(17-6-3-4-7-20(17)26-22)14-18(23-24)21-8-5-13-27-21/h3-13,19,22H,2,14H2,1H3/t19-,22-/m0/s1. The van der Waals surface area contributed by atoms with E-state index in [2.05, 4.69) is 52.9 Å². The Morgan fingerprint density at radius 3 is 2.74 bits per heavy atom. The summed E-state index contributed by atoms with van der Waals surface area (Å²) >= 11 is 1.74. The average molecular weight is 376 g/mol. The van der Waals surface area contributed by atoms with Crippen LogP contribution in [0.15, 0.2) is 71.1 Å². The second-order valence-corrected chi connectivity index (χ2v) is 7.58. The number of rotatable bonds is 4. The number of thiophene rings is 1. The van der Waals surface area contributed by atoms with Crippen LogP contribution in [0.5, 0.6) is 11.5 Å². The summed E-state index contributed by atoms with van der Waals surface area (Å²) in [5.74, 6) is 1.82. The van der Waals surface area contributed by atoms with Crippen LogP contribution in [0.2, 0.25) is 0 Å². The Morgan fingerprint density at radius 1 is 1.11 bits per heavy atom. The first-order chi connectivity index (χ1) is 13.3. The molecule has 0 radical (unpaired) electrons. The molecule has 27 heavy (non-hydrogen) atoms. The van der Waals surface area contributed by atoms with Crippen molar-refractivity contribution in [2.24, 2.45) is 5.10 Å². The normalized spacial score (nSPS) is 20.5. The highest BCUT2D eigenvalue weighted by molar-refractivity contribution is 7.12. The van der Waals surface area contributed by atoms with Gasteiger partial charge in [0.15, 0.2) is 0 Å². The molecule has 5 heteroatoms. The maximum Gasteiger partial charge on any atom is 0.213 e. The molecule has 0 spiro atoms. The van der Waals surface area contributed by atoms with Crippen LogP contribution in [0.25, 0.3) is 0 Å². The summed E-state index contributed by atoms with van der Waals surface area (Å²) < 4.78 is 12.0. The number of hydrazone groups is 1. The van der Waals surface area contributed by atoms with E-state index in [9.17, 15) is 0 Å². The molecule has 136 valence electrons. The Morgan fingerprint density at radius 2 is 1.96 bits per heavy atom. The number of para-hydroxylation sites is 1. The van der Waals surface area contributed by atoms with Gasteiger partial charge in [0.05, 0.1) is 23.2 Å². The number of nitrogens with zero attached hydrogens (tertiary/aromatic N) is 2. The lowest BCUT2D eigenvalue weighted by molar-refractivity contribution is -0.0190. The molecule has 0 amide bonds. The zero-order chi connectivity index (χ0) is 18.2. The average Bonchev–Trinajstić information content (AvgIpc) is 3.38. The molecule has 0 N–H and O–H groups in total. The number of benzene rings is 2. The number of fused-ring (bicyclic) bond motifs is 3. The summed E-state index contributed by atoms with van der Waals surface area (Å²) in [6, 6.07) is 20.8. The lowest BCUT2D eigenvalue weighted by atomic mass is 9.98. The molecule has 2 aromatic carbocycles. The van der Waals surface area contributed by atoms with Crippen molar-refractivity contribution in [2.45, 2.75) is 25.6 Å². The molecular weight excluding hydrogens is 356 g/mol. The first kappa shape index (κ1) is 16.4. The van der Waals surface area contributed by atoms with Crippen molar-refractivity contribution in [1.29, 1.82) is 0 Å². The van der Waals surface area contributed by atoms with E-state index in [-0.39, 0.29) is 12.3 Å². The van der Waals surface area contributed by atoms with E-state index in [4.69, 9.17) is 14.6 Å². The molecule has 0 saturated carbocycles. The maximum absolute atomic E-state index is 6.38. The second kappa shape index (κ2) is 6.74. The first-order valence-corrected chi connectivity index (χ1v) is 10.1. The van der Waals surface area contributed by atoms with Crippen LogP contribution in [0.3, 0.4) is 0 Å². The fourth-order valence-corrected chi connectivity index (χ4v) is 4.46. The van der Waals surface area contributed by atoms with Gasteiger partial charge in [0, 0.05) is 17.5 Å². The monoisotopic (exact) mass is 376 g/mol. The van der Waals surface area contributed by atoms with Crippen molar-refractivity contribution in [3.05, 3.63) is 82.0 Å². The molecule has 0 unspecified atom stereocenters. The van der Waals surface area contributed by atoms with E-state index in [0.717, 1.165) is 29.2 Å². The van der Waals surface area contributed by atoms with Crippen LogP contribution >= 0.6 is 11.3 Å². The third-order valence-corrected chi connectivity index (χ3v) is 5.90. The summed E-state index contributed by atoms with van der Waals surface area (Å²) in [4.78, 5) is 1.23. The third kappa shape index (κ3) is 2.88. The highest BCUT2D eigenvalue weighted by Crippen LogP contribution is 2.47. The minimum absolute atomic E-state index is 0.198. The number of hydrogen-bond acceptors (Lipinski definition) is 5. The lowest BCUT2D eigenvalue weighted by Gasteiger charge is -2.38. The Kier molecular flexibility index (Phi) is 4.09. The number of hydrogen-bond donors (Lipinski definition) is 0. The van der Waals surface area contributed by atoms with Crippen LogP contribution in [-0.2, 0) is 0 Å². The summed E-state index contributed by atoms with van der Waals surface area (Å²) in [5.41, 5.74) is 3.41. The number of ether oxygens (including phenoxy) is 2. The molecule has 3 heterocycles. The fraction of sp³-hybridized carbons (Fsp3) is 0.227. The fourth-order valence-electron chi connectivity index (χ4n) is 3.74. The van der Waals surface area contributed by atoms with Gasteiger partial charge in [-0.15, -0.1) is 11.3 Å². The Hall–Kier alpha value is -2.79. The predicted molar refractivity (Wildman–Crippen MR) is 107 cm³/mol. The smallest absolute Gasteiger partial charge is 0.213 e. The van der Waals surface area contributed by atoms with Crippen LogP contribution in [-0.4, -0.2) is 17.3 Å². The van der Waals surface area contributed by atoms with Gasteiger partial charge in [-0.3, -0.25) is 0 Å². The van der Waals surface area contributed by atoms with Gasteiger partial charge >= 0.3 is 0 Å². The van der Waals surface area contributed by atoms with Crippen LogP contribution in [0.4, 0.5) is 0 Å². The highest BCUT2D eigenvalue weighted by Gasteiger charge is 2.40. The van der Waals surface area contributed by atoms with Crippen molar-refractivity contribution < 1.29 is 9.47 Å². The van der Waals surface area contributed by atoms with Gasteiger partial charge in [-0.2, -0.15) is 5.10 Å². The maximum atomic E-state index is 6.38. The van der Waals surface area contributed by atoms with Crippen molar-refractivity contribution in [2.75, 3.05) is 6.61 Å². The van der Waals surface area contributed by atoms with Gasteiger partial charge in [0.25, 0.3) is 0 Å². The van der Waals surface area contributed by atoms with E-state index >= 15 is 0 Å². The molecule has 2 atom stereocenters. The molecule has 3 aromatic rings. The molecule has 0 saturated heterocycles. The van der Waals surface area contributed by atoms with E-state index in [1.807, 2.05) is 25.1 Å². The zero-order valence-electron chi connectivity index (χ0n) is 15.0. The predicted octanol–water partition coefficient (Wildman–Crippen LogP) is 5.39. The van der Waals surface area contributed by atoms with Gasteiger partial charge in [-0.1, -0.05) is 24.3 Å². The quantitative estimate of drug-likeness (QED) is 0.612. The van der Waals surface area contributed by atoms with Gasteiger partial charge in [-0.25, -0.2) is 5.01 Å². The summed E-state index contributed by atoms with van der Waals surface area (Å²) in [6.07, 6.45) is 0.659. The van der Waals surface area contributed by atoms with Crippen molar-refractivity contribution >= 4 is 17.0 Å². The van der Waals surface area contributed by atoms with E-state index < -0.39 is 0 Å². The van der Waals surface area contributed by atoms with E-state index in [1.165, 1.54) is 10.4 Å². The Bertz CT molecular complexity index is 966. The molecule has 5 rings (SSSR count). The summed E-state index contributed by atoms with van der Waals surface area (Å²) in [6.45, 7) is 2.65. The molecular formula is C22H20N2O2S. The minimum atomic E-state index is -0.238. The molecule has 1 aromatic heterocycles. The largest absolute Gasteiger partial charge is 0.494 e. The minimum Gasteiger partial charge on any atom is -0.494 e. The SMILES string of the molecule is CCOc1ccc([C@@H]2Oc3ccccc3[C@@H]3CC(c4cccs4)=NN32)cc1. The van der Waals surface area contributed by atoms with E-state index in [1.54, 1.807) is 11.3 Å². The van der Waals surface area contributed by atoms with Crippen LogP contribution < -0.4 is 9.47 Å². The first-order valence-electron chi connectivity index (χ1n) is 9.21. The summed E-state index contributed by atoms with van der Waals surface area (Å²) in [7, 11) is 0. The van der Waals surface area contributed by atoms with Crippen molar-refractivity contribution in [1.82, 2.24) is 5.01 Å². The van der Waals surface area contributed by atoms with Crippen LogP contribution in [0, 0.1) is 0 Å². The lowest BCUT2D eigenvalue weighted by Crippen LogP contribution is -2.33. The molecule has 2 aliphatic heterocycles. The van der Waals surface area contributed by atoms with Crippen molar-refractivity contribution in [3.8, 4) is 11.5 Å². The Balaban J connectivity index is 1.54. The van der Waals surface area contributed by atoms with E-state index in [0.29, 0.717) is 6.61 Å². The third-order valence-electron chi connectivity index (χ3n) is 4.98. The molecule has 0 fully saturated rings. The molecule has 4 nitrogen and oxygen atoms in total. The Labute approximate surface area is 162 Å². The van der Waals surface area contributed by atoms with Crippen LogP contribution in [0.1, 0.15) is 41.6 Å². The topological polar surface area (TPSA) is 34.1 Å². The second-order valence-electron chi connectivity index (χ2n) is 6.63. The zero-order valence-corrected chi connectivity index (χ0v) is 15.9. The van der Waals surface area contributed by atoms with Crippen molar-refractivity contribution in [3.63, 3.8) is 0 Å². The molecule has 0 aliphatic carbocycles. The van der Waals surface area contributed by atoms with Gasteiger partial charge in [0.1, 0.15) is 11.5 Å². The highest BCUT2D eigenvalue weighted by atomic mass is 32.1. The van der Waals surface area contributed by atoms with Gasteiger partial charge in [-0.05, 0) is 48.7 Å². The van der Waals surface area contributed by atoms with Gasteiger partial charge < -0.3 is 9.47 Å².